The van der Waals surface area contributed by atoms with Gasteiger partial charge < -0.3 is 10.0 Å². The molecule has 136 valence electrons. The molecule has 2 aromatic rings. The van der Waals surface area contributed by atoms with E-state index in [1.807, 2.05) is 31.2 Å². The maximum atomic E-state index is 10.6. The zero-order valence-corrected chi connectivity index (χ0v) is 14.4. The number of nitrogens with zero attached hydrogens (tertiary/aromatic N) is 4. The Bertz CT molecular complexity index is 773. The number of hydrogen-bond acceptors (Lipinski definition) is 6. The number of non-ortho nitro benzene ring substituents is 1. The van der Waals surface area contributed by atoms with Crippen LogP contribution in [0.5, 0.6) is 0 Å². The first-order valence-corrected chi connectivity index (χ1v) is 8.22. The SMILES string of the molecule is CCN(CCCC(=O)O)c1ccc(/N=N/c2ccc([N+](=O)[O-])cc2)cc1. The van der Waals surface area contributed by atoms with Crippen molar-refractivity contribution in [1.82, 2.24) is 0 Å². The minimum atomic E-state index is -0.789. The molecule has 0 aliphatic rings. The zero-order chi connectivity index (χ0) is 18.9. The number of benzene rings is 2. The molecule has 0 saturated carbocycles. The Morgan fingerprint density at radius 2 is 1.62 bits per heavy atom. The summed E-state index contributed by atoms with van der Waals surface area (Å²) in [6.07, 6.45) is 0.739. The highest BCUT2D eigenvalue weighted by atomic mass is 16.6. The van der Waals surface area contributed by atoms with E-state index in [9.17, 15) is 14.9 Å². The molecule has 0 spiro atoms. The molecule has 8 heteroatoms. The average molecular weight is 356 g/mol. The van der Waals surface area contributed by atoms with Gasteiger partial charge in [-0.15, -0.1) is 0 Å². The summed E-state index contributed by atoms with van der Waals surface area (Å²) in [6.45, 7) is 3.47. The Morgan fingerprint density at radius 3 is 2.08 bits per heavy atom. The number of carbonyl (C=O) groups is 1. The van der Waals surface area contributed by atoms with Crippen molar-refractivity contribution in [2.75, 3.05) is 18.0 Å². The van der Waals surface area contributed by atoms with Gasteiger partial charge in [-0.2, -0.15) is 10.2 Å². The van der Waals surface area contributed by atoms with E-state index in [-0.39, 0.29) is 12.1 Å². The first kappa shape index (κ1) is 19.0. The van der Waals surface area contributed by atoms with Crippen molar-refractivity contribution in [1.29, 1.82) is 0 Å². The predicted molar refractivity (Wildman–Crippen MR) is 98.5 cm³/mol. The summed E-state index contributed by atoms with van der Waals surface area (Å²) in [5.74, 6) is -0.789. The smallest absolute Gasteiger partial charge is 0.303 e. The minimum Gasteiger partial charge on any atom is -0.481 e. The highest BCUT2D eigenvalue weighted by Gasteiger charge is 2.06. The standard InChI is InChI=1S/C18H20N4O4/c1-2-21(13-3-4-18(23)24)16-9-5-14(6-10-16)19-20-15-7-11-17(12-8-15)22(25)26/h5-12H,2-4,13H2,1H3,(H,23,24)/b20-19+. The van der Waals surface area contributed by atoms with Gasteiger partial charge in [0.05, 0.1) is 16.3 Å². The molecule has 2 rings (SSSR count). The van der Waals surface area contributed by atoms with Crippen LogP contribution in [0.3, 0.4) is 0 Å². The largest absolute Gasteiger partial charge is 0.481 e. The predicted octanol–water partition coefficient (Wildman–Crippen LogP) is 4.70. The summed E-state index contributed by atoms with van der Waals surface area (Å²) >= 11 is 0. The molecule has 8 nitrogen and oxygen atoms in total. The fraction of sp³-hybridized carbons (Fsp3) is 0.278. The van der Waals surface area contributed by atoms with E-state index in [1.54, 1.807) is 0 Å². The Hall–Kier alpha value is -3.29. The number of azo groups is 1. The highest BCUT2D eigenvalue weighted by molar-refractivity contribution is 5.66. The summed E-state index contributed by atoms with van der Waals surface area (Å²) < 4.78 is 0. The molecule has 1 N–H and O–H groups in total. The molecule has 0 aromatic heterocycles. The third kappa shape index (κ3) is 5.66. The molecule has 0 unspecified atom stereocenters. The normalized spacial score (nSPS) is 10.8. The second-order valence-electron chi connectivity index (χ2n) is 5.57. The first-order valence-electron chi connectivity index (χ1n) is 8.22. The van der Waals surface area contributed by atoms with Gasteiger partial charge in [-0.1, -0.05) is 0 Å². The Kier molecular flexibility index (Phi) is 6.78. The average Bonchev–Trinajstić information content (AvgIpc) is 2.64. The lowest BCUT2D eigenvalue weighted by molar-refractivity contribution is -0.384. The van der Waals surface area contributed by atoms with Crippen molar-refractivity contribution >= 4 is 28.7 Å². The van der Waals surface area contributed by atoms with E-state index in [4.69, 9.17) is 5.11 Å². The van der Waals surface area contributed by atoms with E-state index < -0.39 is 10.9 Å². The summed E-state index contributed by atoms with van der Waals surface area (Å²) in [6, 6.07) is 13.3. The van der Waals surface area contributed by atoms with Gasteiger partial charge in [-0.05, 0) is 49.7 Å². The Balaban J connectivity index is 1.99. The second-order valence-corrected chi connectivity index (χ2v) is 5.57. The molecule has 0 radical (unpaired) electrons. The van der Waals surface area contributed by atoms with Gasteiger partial charge in [0.2, 0.25) is 0 Å². The maximum Gasteiger partial charge on any atom is 0.303 e. The lowest BCUT2D eigenvalue weighted by Gasteiger charge is -2.22. The number of hydrogen-bond donors (Lipinski definition) is 1. The molecule has 0 saturated heterocycles. The quantitative estimate of drug-likeness (QED) is 0.398. The summed E-state index contributed by atoms with van der Waals surface area (Å²) in [7, 11) is 0. The lowest BCUT2D eigenvalue weighted by atomic mass is 10.2. The third-order valence-electron chi connectivity index (χ3n) is 3.76. The van der Waals surface area contributed by atoms with Gasteiger partial charge >= 0.3 is 5.97 Å². The Morgan fingerprint density at radius 1 is 1.08 bits per heavy atom. The molecule has 2 aromatic carbocycles. The van der Waals surface area contributed by atoms with E-state index >= 15 is 0 Å². The number of carboxylic acid groups (broad SMARTS) is 1. The van der Waals surface area contributed by atoms with Crippen molar-refractivity contribution in [2.24, 2.45) is 10.2 Å². The van der Waals surface area contributed by atoms with Gasteiger partial charge in [0, 0.05) is 37.3 Å². The van der Waals surface area contributed by atoms with Crippen molar-refractivity contribution in [3.63, 3.8) is 0 Å². The molecule has 0 aliphatic carbocycles. The maximum absolute atomic E-state index is 10.6. The monoisotopic (exact) mass is 356 g/mol. The molecule has 0 aliphatic heterocycles. The second kappa shape index (κ2) is 9.26. The first-order chi connectivity index (χ1) is 12.5. The van der Waals surface area contributed by atoms with E-state index in [0.29, 0.717) is 24.3 Å². The molecule has 0 atom stereocenters. The van der Waals surface area contributed by atoms with Crippen LogP contribution in [0, 0.1) is 10.1 Å². The molecule has 0 fully saturated rings. The van der Waals surface area contributed by atoms with Crippen LogP contribution in [-0.2, 0) is 4.79 Å². The third-order valence-corrected chi connectivity index (χ3v) is 3.76. The number of carboxylic acids is 1. The van der Waals surface area contributed by atoms with Crippen molar-refractivity contribution in [2.45, 2.75) is 19.8 Å². The van der Waals surface area contributed by atoms with E-state index in [0.717, 1.165) is 12.2 Å². The van der Waals surface area contributed by atoms with Gasteiger partial charge in [0.1, 0.15) is 0 Å². The van der Waals surface area contributed by atoms with Crippen LogP contribution in [0.4, 0.5) is 22.7 Å². The topological polar surface area (TPSA) is 108 Å². The molecule has 0 amide bonds. The minimum absolute atomic E-state index is 0.0101. The van der Waals surface area contributed by atoms with Crippen molar-refractivity contribution in [3.05, 3.63) is 58.6 Å². The summed E-state index contributed by atoms with van der Waals surface area (Å²) in [5.41, 5.74) is 2.19. The van der Waals surface area contributed by atoms with Gasteiger partial charge in [0.25, 0.3) is 5.69 Å². The van der Waals surface area contributed by atoms with Crippen LogP contribution in [0.15, 0.2) is 58.8 Å². The van der Waals surface area contributed by atoms with Crippen LogP contribution in [0.1, 0.15) is 19.8 Å². The number of rotatable bonds is 9. The fourth-order valence-corrected chi connectivity index (χ4v) is 2.38. The number of nitro benzene ring substituents is 1. The van der Waals surface area contributed by atoms with E-state index in [2.05, 4.69) is 15.1 Å². The molecule has 26 heavy (non-hydrogen) atoms. The summed E-state index contributed by atoms with van der Waals surface area (Å²) in [5, 5.41) is 27.5. The van der Waals surface area contributed by atoms with Crippen molar-refractivity contribution < 1.29 is 14.8 Å². The molecular weight excluding hydrogens is 336 g/mol. The zero-order valence-electron chi connectivity index (χ0n) is 14.4. The number of anilines is 1. The van der Waals surface area contributed by atoms with Crippen LogP contribution in [0.2, 0.25) is 0 Å². The number of aliphatic carboxylic acids is 1. The van der Waals surface area contributed by atoms with Crippen LogP contribution in [-0.4, -0.2) is 29.1 Å². The van der Waals surface area contributed by atoms with Crippen LogP contribution < -0.4 is 4.90 Å². The lowest BCUT2D eigenvalue weighted by Crippen LogP contribution is -2.24. The van der Waals surface area contributed by atoms with Gasteiger partial charge in [-0.25, -0.2) is 0 Å². The van der Waals surface area contributed by atoms with Crippen LogP contribution >= 0.6 is 0 Å². The van der Waals surface area contributed by atoms with Gasteiger partial charge in [0.15, 0.2) is 0 Å². The molecule has 0 bridgehead atoms. The van der Waals surface area contributed by atoms with Crippen LogP contribution in [0.25, 0.3) is 0 Å². The highest BCUT2D eigenvalue weighted by Crippen LogP contribution is 2.23. The molecule has 0 heterocycles. The Labute approximate surface area is 150 Å². The van der Waals surface area contributed by atoms with E-state index in [1.165, 1.54) is 24.3 Å². The molecular formula is C18H20N4O4. The summed E-state index contributed by atoms with van der Waals surface area (Å²) in [4.78, 5) is 22.9. The van der Waals surface area contributed by atoms with Crippen molar-refractivity contribution in [3.8, 4) is 0 Å². The fourth-order valence-electron chi connectivity index (χ4n) is 2.38. The van der Waals surface area contributed by atoms with Gasteiger partial charge in [-0.3, -0.25) is 14.9 Å². The number of nitro groups is 1.